The molecule has 62 valence electrons. The maximum Gasteiger partial charge on any atom is 0.163 e. The first-order valence-electron chi connectivity index (χ1n) is 3.68. The second-order valence-corrected chi connectivity index (χ2v) is 2.83. The molecule has 0 radical (unpaired) electrons. The summed E-state index contributed by atoms with van der Waals surface area (Å²) in [7, 11) is 3.82. The summed E-state index contributed by atoms with van der Waals surface area (Å²) in [6.45, 7) is 3.91. The summed E-state index contributed by atoms with van der Waals surface area (Å²) in [4.78, 5) is 10.3. The molecule has 2 rings (SSSR count). The second-order valence-electron chi connectivity index (χ2n) is 2.83. The molecule has 1 aromatic heterocycles. The topological polar surface area (TPSA) is 33.4 Å². The van der Waals surface area contributed by atoms with Gasteiger partial charge < -0.3 is 9.47 Å². The lowest BCUT2D eigenvalue weighted by Crippen LogP contribution is -2.16. The van der Waals surface area contributed by atoms with E-state index in [1.54, 1.807) is 12.7 Å². The van der Waals surface area contributed by atoms with Crippen LogP contribution in [0, 0.1) is 0 Å². The average Bonchev–Trinajstić information content (AvgIpc) is 2.41. The van der Waals surface area contributed by atoms with Crippen LogP contribution in [0.25, 0.3) is 5.70 Å². The van der Waals surface area contributed by atoms with Crippen molar-refractivity contribution < 1.29 is 0 Å². The first-order valence-corrected chi connectivity index (χ1v) is 3.68. The smallest absolute Gasteiger partial charge is 0.163 e. The van der Waals surface area contributed by atoms with Crippen LogP contribution in [0.1, 0.15) is 5.69 Å². The van der Waals surface area contributed by atoms with Crippen LogP contribution in [0.5, 0.6) is 0 Å². The van der Waals surface area contributed by atoms with E-state index < -0.39 is 0 Å². The molecule has 0 N–H and O–H groups in total. The van der Waals surface area contributed by atoms with Crippen LogP contribution in [-0.4, -0.2) is 27.8 Å². The van der Waals surface area contributed by atoms with Crippen molar-refractivity contribution in [2.75, 3.05) is 7.05 Å². The number of aromatic nitrogens is 2. The van der Waals surface area contributed by atoms with Crippen LogP contribution in [0.2, 0.25) is 0 Å². The highest BCUT2D eigenvalue weighted by Crippen LogP contribution is 2.27. The highest BCUT2D eigenvalue weighted by Gasteiger charge is 2.17. The minimum atomic E-state index is 0.863. The van der Waals surface area contributed by atoms with E-state index in [1.165, 1.54) is 0 Å². The van der Waals surface area contributed by atoms with Gasteiger partial charge in [-0.1, -0.05) is 6.58 Å². The summed E-state index contributed by atoms with van der Waals surface area (Å²) >= 11 is 0. The molecular weight excluding hydrogens is 152 g/mol. The molecule has 0 unspecified atom stereocenters. The van der Waals surface area contributed by atoms with Gasteiger partial charge in [0.05, 0.1) is 18.4 Å². The molecule has 0 bridgehead atoms. The molecule has 0 spiro atoms. The summed E-state index contributed by atoms with van der Waals surface area (Å²) in [6, 6.07) is 0. The van der Waals surface area contributed by atoms with Crippen molar-refractivity contribution in [3.63, 3.8) is 0 Å². The zero-order chi connectivity index (χ0) is 8.72. The van der Waals surface area contributed by atoms with Crippen molar-refractivity contribution >= 4 is 17.9 Å². The third-order valence-corrected chi connectivity index (χ3v) is 1.96. The van der Waals surface area contributed by atoms with E-state index in [1.807, 2.05) is 23.6 Å². The van der Waals surface area contributed by atoms with Crippen LogP contribution in [0.4, 0.5) is 5.82 Å². The first-order chi connectivity index (χ1) is 5.70. The van der Waals surface area contributed by atoms with Gasteiger partial charge in [0.15, 0.2) is 5.82 Å². The fraction of sp³-hybridized carbons (Fsp3) is 0.250. The molecule has 0 aliphatic carbocycles. The molecule has 0 fully saturated rings. The third-order valence-electron chi connectivity index (χ3n) is 1.96. The summed E-state index contributed by atoms with van der Waals surface area (Å²) in [5.41, 5.74) is 1.75. The van der Waals surface area contributed by atoms with Gasteiger partial charge in [-0.05, 0) is 0 Å². The van der Waals surface area contributed by atoms with Gasteiger partial charge in [0.2, 0.25) is 0 Å². The van der Waals surface area contributed by atoms with Crippen molar-refractivity contribution in [2.45, 2.75) is 0 Å². The van der Waals surface area contributed by atoms with E-state index in [9.17, 15) is 0 Å². The van der Waals surface area contributed by atoms with E-state index >= 15 is 0 Å². The van der Waals surface area contributed by atoms with E-state index in [2.05, 4.69) is 16.6 Å². The van der Waals surface area contributed by atoms with Gasteiger partial charge in [-0.25, -0.2) is 9.98 Å². The van der Waals surface area contributed by atoms with Crippen LogP contribution >= 0.6 is 0 Å². The summed E-state index contributed by atoms with van der Waals surface area (Å²) in [5.74, 6) is 0.873. The van der Waals surface area contributed by atoms with Crippen molar-refractivity contribution in [1.29, 1.82) is 0 Å². The minimum absolute atomic E-state index is 0.863. The third kappa shape index (κ3) is 0.777. The Hall–Kier alpha value is -1.58. The van der Waals surface area contributed by atoms with Gasteiger partial charge in [-0.15, -0.1) is 0 Å². The van der Waals surface area contributed by atoms with Gasteiger partial charge in [-0.2, -0.15) is 0 Å². The maximum atomic E-state index is 4.22. The van der Waals surface area contributed by atoms with Crippen molar-refractivity contribution in [2.24, 2.45) is 12.0 Å². The van der Waals surface area contributed by atoms with Crippen LogP contribution < -0.4 is 0 Å². The largest absolute Gasteiger partial charge is 0.334 e. The van der Waals surface area contributed by atoms with E-state index in [0.29, 0.717) is 0 Å². The lowest BCUT2D eigenvalue weighted by molar-refractivity contribution is 0.728. The van der Waals surface area contributed by atoms with Crippen LogP contribution in [0.15, 0.2) is 17.9 Å². The molecule has 0 amide bonds. The number of imidazole rings is 1. The number of nitrogens with zero attached hydrogens (tertiary/aromatic N) is 4. The Kier molecular flexibility index (Phi) is 1.30. The van der Waals surface area contributed by atoms with Crippen molar-refractivity contribution in [3.8, 4) is 0 Å². The lowest BCUT2D eigenvalue weighted by Gasteiger charge is -2.18. The monoisotopic (exact) mass is 162 g/mol. The fourth-order valence-electron chi connectivity index (χ4n) is 1.16. The average molecular weight is 162 g/mol. The lowest BCUT2D eigenvalue weighted by atomic mass is 10.3. The van der Waals surface area contributed by atoms with Crippen molar-refractivity contribution in [1.82, 2.24) is 14.5 Å². The number of rotatable bonds is 0. The molecule has 0 saturated heterocycles. The summed E-state index contributed by atoms with van der Waals surface area (Å²) in [5, 5.41) is 0. The Balaban J connectivity index is 2.61. The van der Waals surface area contributed by atoms with Gasteiger partial charge in [-0.3, -0.25) is 0 Å². The molecule has 4 heteroatoms. The van der Waals surface area contributed by atoms with Gasteiger partial charge in [0.1, 0.15) is 5.69 Å². The highest BCUT2D eigenvalue weighted by atomic mass is 15.2. The van der Waals surface area contributed by atoms with Crippen molar-refractivity contribution in [3.05, 3.63) is 18.6 Å². The predicted molar refractivity (Wildman–Crippen MR) is 48.2 cm³/mol. The van der Waals surface area contributed by atoms with Gasteiger partial charge in [0.25, 0.3) is 0 Å². The van der Waals surface area contributed by atoms with Crippen LogP contribution in [0.3, 0.4) is 0 Å². The minimum Gasteiger partial charge on any atom is -0.334 e. The number of aliphatic imine (C=N–C) groups is 1. The molecule has 1 aromatic rings. The van der Waals surface area contributed by atoms with E-state index in [4.69, 9.17) is 0 Å². The zero-order valence-corrected chi connectivity index (χ0v) is 7.15. The van der Waals surface area contributed by atoms with Crippen LogP contribution in [-0.2, 0) is 7.05 Å². The number of fused-ring (bicyclic) bond motifs is 1. The summed E-state index contributed by atoms with van der Waals surface area (Å²) < 4.78 is 1.88. The van der Waals surface area contributed by atoms with Gasteiger partial charge >= 0.3 is 0 Å². The zero-order valence-electron chi connectivity index (χ0n) is 7.15. The predicted octanol–water partition coefficient (Wildman–Crippen LogP) is 0.996. The number of aryl methyl sites for hydroxylation is 1. The Morgan fingerprint density at radius 2 is 2.17 bits per heavy atom. The SMILES string of the molecule is C=C1c2ncn(C)c2N=CN1C. The quantitative estimate of drug-likeness (QED) is 0.570. The molecule has 0 saturated carbocycles. The fourth-order valence-corrected chi connectivity index (χ4v) is 1.16. The normalized spacial score (nSPS) is 15.2. The molecule has 0 aromatic carbocycles. The Morgan fingerprint density at radius 3 is 2.92 bits per heavy atom. The maximum absolute atomic E-state index is 4.22. The van der Waals surface area contributed by atoms with Gasteiger partial charge in [0, 0.05) is 14.1 Å². The standard InChI is InChI=1S/C8H10N4/c1-6-7-8(10-5-11(6)2)12(3)4-9-7/h4-5H,1H2,2-3H3. The van der Waals surface area contributed by atoms with E-state index in [0.717, 1.165) is 17.2 Å². The molecule has 1 aliphatic heterocycles. The highest BCUT2D eigenvalue weighted by molar-refractivity contribution is 5.83. The first kappa shape index (κ1) is 7.09. The Labute approximate surface area is 70.9 Å². The molecule has 0 atom stereocenters. The summed E-state index contributed by atoms with van der Waals surface area (Å²) in [6.07, 6.45) is 3.48. The Morgan fingerprint density at radius 1 is 1.42 bits per heavy atom. The molecule has 12 heavy (non-hydrogen) atoms. The molecule has 1 aliphatic rings. The molecule has 4 nitrogen and oxygen atoms in total. The number of hydrogen-bond donors (Lipinski definition) is 0. The Bertz CT molecular complexity index is 361. The molecule has 2 heterocycles. The van der Waals surface area contributed by atoms with E-state index in [-0.39, 0.29) is 0 Å². The molecular formula is C8H10N4. The second kappa shape index (κ2) is 2.20. The number of hydrogen-bond acceptors (Lipinski definition) is 3.